The second kappa shape index (κ2) is 10.2. The number of non-ortho nitro benzene ring substituents is 1. The number of nitro groups is 1. The number of benzene rings is 2. The van der Waals surface area contributed by atoms with E-state index in [1.807, 2.05) is 44.2 Å². The van der Waals surface area contributed by atoms with Crippen LogP contribution in [0.1, 0.15) is 31.7 Å². The van der Waals surface area contributed by atoms with Crippen LogP contribution in [0.25, 0.3) is 0 Å². The summed E-state index contributed by atoms with van der Waals surface area (Å²) >= 11 is 0. The number of anilines is 1. The van der Waals surface area contributed by atoms with E-state index >= 15 is 0 Å². The molecule has 2 aromatic carbocycles. The Labute approximate surface area is 169 Å². The molecule has 0 bridgehead atoms. The summed E-state index contributed by atoms with van der Waals surface area (Å²) in [6, 6.07) is 13.1. The van der Waals surface area contributed by atoms with Gasteiger partial charge in [-0.15, -0.1) is 0 Å². The summed E-state index contributed by atoms with van der Waals surface area (Å²) in [4.78, 5) is 35.3. The molecular weight excluding hydrogens is 376 g/mol. The lowest BCUT2D eigenvalue weighted by molar-refractivity contribution is -0.384. The molecule has 0 spiro atoms. The second-order valence-corrected chi connectivity index (χ2v) is 6.57. The molecule has 8 heteroatoms. The van der Waals surface area contributed by atoms with Gasteiger partial charge in [0.05, 0.1) is 23.6 Å². The summed E-state index contributed by atoms with van der Waals surface area (Å²) in [5.41, 5.74) is 0.760. The van der Waals surface area contributed by atoms with Gasteiger partial charge in [-0.25, -0.2) is 0 Å². The number of nitro benzene ring substituents is 1. The quantitative estimate of drug-likeness (QED) is 0.388. The van der Waals surface area contributed by atoms with E-state index in [1.165, 1.54) is 25.3 Å². The summed E-state index contributed by atoms with van der Waals surface area (Å²) in [7, 11) is 1.38. The van der Waals surface area contributed by atoms with Gasteiger partial charge in [-0.1, -0.05) is 50.6 Å². The van der Waals surface area contributed by atoms with Crippen LogP contribution in [0.4, 0.5) is 11.4 Å². The number of hydrogen-bond acceptors (Lipinski definition) is 6. The molecule has 0 aliphatic rings. The number of esters is 1. The monoisotopic (exact) mass is 400 g/mol. The lowest BCUT2D eigenvalue weighted by Gasteiger charge is -2.21. The minimum atomic E-state index is -0.617. The molecule has 0 saturated heterocycles. The second-order valence-electron chi connectivity index (χ2n) is 6.57. The zero-order valence-electron chi connectivity index (χ0n) is 16.6. The number of amides is 1. The molecule has 0 aromatic heterocycles. The molecule has 2 rings (SSSR count). The Balaban J connectivity index is 2.07. The molecule has 1 N–H and O–H groups in total. The SMILES string of the molecule is CC[C@H](C)[C@H](C(=O)OCC(=O)Nc1cc([N+](=O)[O-])ccc1OC)c1ccccc1. The Morgan fingerprint density at radius 2 is 1.86 bits per heavy atom. The Morgan fingerprint density at radius 3 is 2.45 bits per heavy atom. The third-order valence-electron chi connectivity index (χ3n) is 4.64. The Hall–Kier alpha value is -3.42. The van der Waals surface area contributed by atoms with Gasteiger partial charge in [0.2, 0.25) is 0 Å². The molecule has 1 amide bonds. The van der Waals surface area contributed by atoms with E-state index in [1.54, 1.807) is 0 Å². The van der Waals surface area contributed by atoms with Gasteiger partial charge in [0.15, 0.2) is 6.61 Å². The van der Waals surface area contributed by atoms with Crippen LogP contribution >= 0.6 is 0 Å². The fourth-order valence-corrected chi connectivity index (χ4v) is 2.91. The van der Waals surface area contributed by atoms with Gasteiger partial charge in [0.1, 0.15) is 5.75 Å². The Morgan fingerprint density at radius 1 is 1.17 bits per heavy atom. The van der Waals surface area contributed by atoms with Crippen LogP contribution in [-0.4, -0.2) is 30.5 Å². The first kappa shape index (κ1) is 21.9. The van der Waals surface area contributed by atoms with E-state index in [2.05, 4.69) is 5.32 Å². The Bertz CT molecular complexity index is 869. The minimum Gasteiger partial charge on any atom is -0.495 e. The molecule has 2 aromatic rings. The fraction of sp³-hybridized carbons (Fsp3) is 0.333. The van der Waals surface area contributed by atoms with E-state index in [4.69, 9.17) is 9.47 Å². The van der Waals surface area contributed by atoms with Crippen LogP contribution < -0.4 is 10.1 Å². The first-order chi connectivity index (χ1) is 13.9. The number of nitrogens with zero attached hydrogens (tertiary/aromatic N) is 1. The Kier molecular flexibility index (Phi) is 7.70. The molecule has 0 radical (unpaired) electrons. The van der Waals surface area contributed by atoms with Crippen LogP contribution in [-0.2, 0) is 14.3 Å². The highest BCUT2D eigenvalue weighted by molar-refractivity contribution is 5.95. The maximum absolute atomic E-state index is 12.7. The number of carbonyl (C=O) groups is 2. The highest BCUT2D eigenvalue weighted by Gasteiger charge is 2.28. The molecule has 2 atom stereocenters. The number of methoxy groups -OCH3 is 1. The van der Waals surface area contributed by atoms with Crippen LogP contribution in [0.15, 0.2) is 48.5 Å². The highest BCUT2D eigenvalue weighted by atomic mass is 16.6. The van der Waals surface area contributed by atoms with Gasteiger partial charge in [0, 0.05) is 12.1 Å². The van der Waals surface area contributed by atoms with Crippen molar-refractivity contribution in [3.63, 3.8) is 0 Å². The van der Waals surface area contributed by atoms with Crippen LogP contribution in [0.2, 0.25) is 0 Å². The molecule has 0 heterocycles. The largest absolute Gasteiger partial charge is 0.495 e. The van der Waals surface area contributed by atoms with Crippen molar-refractivity contribution in [3.8, 4) is 5.75 Å². The topological polar surface area (TPSA) is 108 Å². The normalized spacial score (nSPS) is 12.5. The average molecular weight is 400 g/mol. The molecule has 29 heavy (non-hydrogen) atoms. The van der Waals surface area contributed by atoms with Gasteiger partial charge in [-0.3, -0.25) is 19.7 Å². The van der Waals surface area contributed by atoms with Crippen molar-refractivity contribution in [2.45, 2.75) is 26.2 Å². The first-order valence-corrected chi connectivity index (χ1v) is 9.21. The van der Waals surface area contributed by atoms with Crippen LogP contribution in [0.5, 0.6) is 5.75 Å². The van der Waals surface area contributed by atoms with Gasteiger partial charge in [-0.2, -0.15) is 0 Å². The van der Waals surface area contributed by atoms with E-state index in [9.17, 15) is 19.7 Å². The maximum Gasteiger partial charge on any atom is 0.314 e. The summed E-state index contributed by atoms with van der Waals surface area (Å²) < 4.78 is 10.3. The molecule has 0 saturated carbocycles. The predicted molar refractivity (Wildman–Crippen MR) is 108 cm³/mol. The zero-order valence-corrected chi connectivity index (χ0v) is 16.6. The first-order valence-electron chi connectivity index (χ1n) is 9.21. The van der Waals surface area contributed by atoms with Crippen molar-refractivity contribution in [2.75, 3.05) is 19.0 Å². The number of ether oxygens (including phenoxy) is 2. The lowest BCUT2D eigenvalue weighted by atomic mass is 9.86. The van der Waals surface area contributed by atoms with E-state index in [-0.39, 0.29) is 23.0 Å². The van der Waals surface area contributed by atoms with Crippen molar-refractivity contribution >= 4 is 23.3 Å². The third-order valence-corrected chi connectivity index (χ3v) is 4.64. The minimum absolute atomic E-state index is 0.0322. The van der Waals surface area contributed by atoms with Gasteiger partial charge >= 0.3 is 5.97 Å². The van der Waals surface area contributed by atoms with Crippen LogP contribution in [0.3, 0.4) is 0 Å². The number of hydrogen-bond donors (Lipinski definition) is 1. The van der Waals surface area contributed by atoms with Crippen molar-refractivity contribution in [3.05, 3.63) is 64.2 Å². The van der Waals surface area contributed by atoms with Crippen molar-refractivity contribution in [1.29, 1.82) is 0 Å². The van der Waals surface area contributed by atoms with E-state index in [0.29, 0.717) is 0 Å². The van der Waals surface area contributed by atoms with Crippen molar-refractivity contribution in [1.82, 2.24) is 0 Å². The summed E-state index contributed by atoms with van der Waals surface area (Å²) in [5.74, 6) is -1.30. The predicted octanol–water partition coefficient (Wildman–Crippen LogP) is 3.92. The molecule has 8 nitrogen and oxygen atoms in total. The van der Waals surface area contributed by atoms with Crippen molar-refractivity contribution in [2.24, 2.45) is 5.92 Å². The van der Waals surface area contributed by atoms with Crippen LogP contribution in [0, 0.1) is 16.0 Å². The average Bonchev–Trinajstić information content (AvgIpc) is 2.72. The van der Waals surface area contributed by atoms with E-state index in [0.717, 1.165) is 12.0 Å². The summed E-state index contributed by atoms with van der Waals surface area (Å²) in [6.45, 7) is 3.42. The standard InChI is InChI=1S/C21H24N2O6/c1-4-14(2)20(15-8-6-5-7-9-15)21(25)29-13-19(24)22-17-12-16(23(26)27)10-11-18(17)28-3/h5-12,14,20H,4,13H2,1-3H3,(H,22,24)/t14-,20-/m0/s1. The zero-order chi connectivity index (χ0) is 21.4. The summed E-state index contributed by atoms with van der Waals surface area (Å²) in [5, 5.41) is 13.4. The fourth-order valence-electron chi connectivity index (χ4n) is 2.91. The molecule has 0 fully saturated rings. The van der Waals surface area contributed by atoms with Gasteiger partial charge in [-0.05, 0) is 17.5 Å². The van der Waals surface area contributed by atoms with Gasteiger partial charge < -0.3 is 14.8 Å². The van der Waals surface area contributed by atoms with E-state index < -0.39 is 29.3 Å². The number of carbonyl (C=O) groups excluding carboxylic acids is 2. The summed E-state index contributed by atoms with van der Waals surface area (Å²) in [6.07, 6.45) is 0.770. The molecule has 0 aliphatic heterocycles. The highest BCUT2D eigenvalue weighted by Crippen LogP contribution is 2.30. The molecule has 0 aliphatic carbocycles. The number of rotatable bonds is 9. The van der Waals surface area contributed by atoms with Gasteiger partial charge in [0.25, 0.3) is 11.6 Å². The lowest BCUT2D eigenvalue weighted by Crippen LogP contribution is -2.27. The maximum atomic E-state index is 12.7. The molecule has 154 valence electrons. The number of nitrogens with one attached hydrogen (secondary N) is 1. The molecular formula is C21H24N2O6. The van der Waals surface area contributed by atoms with Crippen molar-refractivity contribution < 1.29 is 24.0 Å². The molecule has 0 unspecified atom stereocenters. The smallest absolute Gasteiger partial charge is 0.314 e. The third kappa shape index (κ3) is 5.78.